The van der Waals surface area contributed by atoms with Gasteiger partial charge in [-0.15, -0.1) is 5.10 Å². The lowest BCUT2D eigenvalue weighted by atomic mass is 9.89. The molecule has 25 heavy (non-hydrogen) atoms. The quantitative estimate of drug-likeness (QED) is 0.767. The van der Waals surface area contributed by atoms with Crippen molar-refractivity contribution >= 4 is 29.6 Å². The molecule has 0 saturated carbocycles. The average Bonchev–Trinajstić information content (AvgIpc) is 2.97. The molecule has 0 bridgehead atoms. The van der Waals surface area contributed by atoms with Crippen molar-refractivity contribution in [2.45, 2.75) is 19.8 Å². The lowest BCUT2D eigenvalue weighted by Crippen LogP contribution is -2.34. The molecule has 1 unspecified atom stereocenters. The number of benzene rings is 1. The Kier molecular flexibility index (Phi) is 4.94. The molecule has 132 valence electrons. The Morgan fingerprint density at radius 2 is 2.16 bits per heavy atom. The molecule has 7 nitrogen and oxygen atoms in total. The fourth-order valence-electron chi connectivity index (χ4n) is 2.84. The number of ether oxygens (including phenoxy) is 3. The van der Waals surface area contributed by atoms with E-state index in [0.717, 1.165) is 0 Å². The van der Waals surface area contributed by atoms with Crippen LogP contribution in [-0.2, 0) is 19.0 Å². The van der Waals surface area contributed by atoms with Gasteiger partial charge in [-0.1, -0.05) is 29.8 Å². The topological polar surface area (TPSA) is 77.4 Å². The molecule has 0 aliphatic carbocycles. The van der Waals surface area contributed by atoms with Crippen molar-refractivity contribution in [1.82, 2.24) is 5.01 Å². The van der Waals surface area contributed by atoms with Crippen molar-refractivity contribution in [2.24, 2.45) is 5.10 Å². The van der Waals surface area contributed by atoms with E-state index in [4.69, 9.17) is 25.8 Å². The number of hydrogen-bond acceptors (Lipinski definition) is 7. The van der Waals surface area contributed by atoms with Crippen LogP contribution in [0.4, 0.5) is 4.79 Å². The zero-order chi connectivity index (χ0) is 18.0. The molecule has 0 saturated heterocycles. The van der Waals surface area contributed by atoms with E-state index in [1.807, 2.05) is 6.92 Å². The third-order valence-corrected chi connectivity index (χ3v) is 4.25. The van der Waals surface area contributed by atoms with Crippen molar-refractivity contribution < 1.29 is 23.8 Å². The van der Waals surface area contributed by atoms with E-state index in [1.54, 1.807) is 36.2 Å². The Morgan fingerprint density at radius 3 is 2.84 bits per heavy atom. The molecule has 1 aromatic rings. The molecule has 2 aliphatic rings. The third-order valence-electron chi connectivity index (χ3n) is 3.90. The smallest absolute Gasteiger partial charge is 0.456 e. The predicted molar refractivity (Wildman–Crippen MR) is 90.1 cm³/mol. The van der Waals surface area contributed by atoms with Crippen LogP contribution in [0.1, 0.15) is 25.3 Å². The Morgan fingerprint density at radius 1 is 1.40 bits per heavy atom. The summed E-state index contributed by atoms with van der Waals surface area (Å²) >= 11 is 6.31. The second-order valence-corrected chi connectivity index (χ2v) is 5.74. The summed E-state index contributed by atoms with van der Waals surface area (Å²) in [4.78, 5) is 24.2. The Balaban J connectivity index is 2.09. The first-order valence-corrected chi connectivity index (χ1v) is 8.29. The van der Waals surface area contributed by atoms with Gasteiger partial charge in [-0.3, -0.25) is 5.01 Å². The van der Waals surface area contributed by atoms with Crippen LogP contribution in [-0.4, -0.2) is 42.8 Å². The van der Waals surface area contributed by atoms with E-state index in [9.17, 15) is 9.59 Å². The van der Waals surface area contributed by atoms with E-state index < -0.39 is 18.0 Å². The maximum Gasteiger partial charge on any atom is 0.515 e. The largest absolute Gasteiger partial charge is 0.515 e. The summed E-state index contributed by atoms with van der Waals surface area (Å²) < 4.78 is 15.3. The number of nitrogens with zero attached hydrogens (tertiary/aromatic N) is 2. The summed E-state index contributed by atoms with van der Waals surface area (Å²) in [5.74, 6) is -1.17. The van der Waals surface area contributed by atoms with E-state index in [-0.39, 0.29) is 19.1 Å². The maximum absolute atomic E-state index is 12.3. The molecule has 2 aliphatic heterocycles. The summed E-state index contributed by atoms with van der Waals surface area (Å²) in [5, 5.41) is 6.40. The number of likely N-dealkylation sites (N-methyl/N-ethyl adjacent to an activating group) is 1. The molecule has 2 heterocycles. The van der Waals surface area contributed by atoms with Gasteiger partial charge in [0.25, 0.3) is 0 Å². The molecule has 3 rings (SSSR count). The van der Waals surface area contributed by atoms with Crippen molar-refractivity contribution in [3.05, 3.63) is 46.1 Å². The SMILES string of the molecule is CCOC(=O)OC1=NN(CC)C2=C(C(=O)OC2)C1c1ccccc1Cl. The van der Waals surface area contributed by atoms with Gasteiger partial charge in [0, 0.05) is 11.6 Å². The summed E-state index contributed by atoms with van der Waals surface area (Å²) in [6, 6.07) is 7.02. The predicted octanol–water partition coefficient (Wildman–Crippen LogP) is 3.06. The summed E-state index contributed by atoms with van der Waals surface area (Å²) in [5.41, 5.74) is 1.63. The van der Waals surface area contributed by atoms with Crippen molar-refractivity contribution in [2.75, 3.05) is 19.8 Å². The fourth-order valence-corrected chi connectivity index (χ4v) is 3.08. The number of carbonyl (C=O) groups excluding carboxylic acids is 2. The standard InChI is InChI=1S/C17H17ClN2O5/c1-3-20-12-9-24-16(21)14(12)13(10-7-5-6-8-11(10)18)15(19-20)25-17(22)23-4-2/h5-8,13H,3-4,9H2,1-2H3. The minimum absolute atomic E-state index is 0.0333. The number of hydrazone groups is 1. The Hall–Kier alpha value is -2.54. The molecule has 1 aromatic carbocycles. The van der Waals surface area contributed by atoms with Crippen LogP contribution in [0, 0.1) is 0 Å². The van der Waals surface area contributed by atoms with Crippen LogP contribution in [0.3, 0.4) is 0 Å². The van der Waals surface area contributed by atoms with Gasteiger partial charge in [0.15, 0.2) is 0 Å². The molecule has 0 N–H and O–H groups in total. The van der Waals surface area contributed by atoms with Gasteiger partial charge in [0.1, 0.15) is 6.61 Å². The van der Waals surface area contributed by atoms with Gasteiger partial charge in [0.2, 0.25) is 5.90 Å². The van der Waals surface area contributed by atoms with Crippen LogP contribution in [0.25, 0.3) is 0 Å². The van der Waals surface area contributed by atoms with Gasteiger partial charge in [-0.05, 0) is 25.5 Å². The molecule has 1 atom stereocenters. The van der Waals surface area contributed by atoms with E-state index in [0.29, 0.717) is 28.4 Å². The molecular formula is C17H17ClN2O5. The van der Waals surface area contributed by atoms with Crippen molar-refractivity contribution in [1.29, 1.82) is 0 Å². The van der Waals surface area contributed by atoms with E-state index in [2.05, 4.69) is 5.10 Å². The highest BCUT2D eigenvalue weighted by Crippen LogP contribution is 2.40. The summed E-state index contributed by atoms with van der Waals surface area (Å²) in [6.45, 7) is 4.31. The molecule has 0 fully saturated rings. The van der Waals surface area contributed by atoms with Crippen molar-refractivity contribution in [3.63, 3.8) is 0 Å². The van der Waals surface area contributed by atoms with Crippen LogP contribution in [0.5, 0.6) is 0 Å². The second kappa shape index (κ2) is 7.14. The molecule has 0 radical (unpaired) electrons. The highest BCUT2D eigenvalue weighted by Gasteiger charge is 2.43. The maximum atomic E-state index is 12.3. The first-order chi connectivity index (χ1) is 12.1. The van der Waals surface area contributed by atoms with Gasteiger partial charge in [-0.25, -0.2) is 9.59 Å². The normalized spacial score (nSPS) is 19.3. The zero-order valence-corrected chi connectivity index (χ0v) is 14.6. The monoisotopic (exact) mass is 364 g/mol. The molecule has 0 spiro atoms. The summed E-state index contributed by atoms with van der Waals surface area (Å²) in [7, 11) is 0. The number of carbonyl (C=O) groups is 2. The lowest BCUT2D eigenvalue weighted by Gasteiger charge is -2.29. The highest BCUT2D eigenvalue weighted by atomic mass is 35.5. The molecule has 8 heteroatoms. The lowest BCUT2D eigenvalue weighted by molar-refractivity contribution is -0.136. The van der Waals surface area contributed by atoms with E-state index >= 15 is 0 Å². The minimum atomic E-state index is -0.884. The minimum Gasteiger partial charge on any atom is -0.456 e. The van der Waals surface area contributed by atoms with Gasteiger partial charge < -0.3 is 14.2 Å². The number of halogens is 1. The molecule has 0 amide bonds. The third kappa shape index (κ3) is 3.19. The Bertz CT molecular complexity index is 774. The fraction of sp³-hybridized carbons (Fsp3) is 0.353. The molecule has 0 aromatic heterocycles. The first kappa shape index (κ1) is 17.3. The first-order valence-electron chi connectivity index (χ1n) is 7.92. The van der Waals surface area contributed by atoms with E-state index in [1.165, 1.54) is 0 Å². The number of rotatable bonds is 3. The average molecular weight is 365 g/mol. The number of esters is 1. The highest BCUT2D eigenvalue weighted by molar-refractivity contribution is 6.32. The van der Waals surface area contributed by atoms with Gasteiger partial charge in [0.05, 0.1) is 23.8 Å². The van der Waals surface area contributed by atoms with Gasteiger partial charge in [-0.2, -0.15) is 0 Å². The van der Waals surface area contributed by atoms with Crippen molar-refractivity contribution in [3.8, 4) is 0 Å². The Labute approximate surface area is 149 Å². The van der Waals surface area contributed by atoms with Crippen LogP contribution < -0.4 is 0 Å². The van der Waals surface area contributed by atoms with Crippen LogP contribution in [0.15, 0.2) is 40.6 Å². The zero-order valence-electron chi connectivity index (χ0n) is 13.8. The number of hydrogen-bond donors (Lipinski definition) is 0. The van der Waals surface area contributed by atoms with Crippen LogP contribution in [0.2, 0.25) is 5.02 Å². The summed E-state index contributed by atoms with van der Waals surface area (Å²) in [6.07, 6.45) is -0.884. The molecular weight excluding hydrogens is 348 g/mol. The second-order valence-electron chi connectivity index (χ2n) is 5.33. The number of cyclic esters (lactones) is 1. The van der Waals surface area contributed by atoms with Crippen LogP contribution >= 0.6 is 11.6 Å². The van der Waals surface area contributed by atoms with Gasteiger partial charge >= 0.3 is 12.1 Å².